The third kappa shape index (κ3) is 2.34. The number of ether oxygens (including phenoxy) is 1. The molecule has 4 rings (SSSR count). The van der Waals surface area contributed by atoms with Gasteiger partial charge in [0.25, 0.3) is 0 Å². The lowest BCUT2D eigenvalue weighted by atomic mass is 9.99. The Labute approximate surface area is 122 Å². The van der Waals surface area contributed by atoms with Crippen LogP contribution in [0.2, 0.25) is 0 Å². The summed E-state index contributed by atoms with van der Waals surface area (Å²) in [4.78, 5) is 8.64. The van der Waals surface area contributed by atoms with Gasteiger partial charge < -0.3 is 10.1 Å². The van der Waals surface area contributed by atoms with Gasteiger partial charge in [-0.15, -0.1) is 0 Å². The molecule has 1 aromatic heterocycles. The van der Waals surface area contributed by atoms with Crippen molar-refractivity contribution >= 4 is 16.7 Å². The van der Waals surface area contributed by atoms with Crippen molar-refractivity contribution in [2.24, 2.45) is 0 Å². The summed E-state index contributed by atoms with van der Waals surface area (Å²) < 4.78 is 5.68. The summed E-state index contributed by atoms with van der Waals surface area (Å²) in [6.45, 7) is 1.37. The third-order valence-electron chi connectivity index (χ3n) is 3.78. The molecule has 0 bridgehead atoms. The first-order chi connectivity index (χ1) is 10.4. The van der Waals surface area contributed by atoms with Gasteiger partial charge in [-0.1, -0.05) is 24.3 Å². The van der Waals surface area contributed by atoms with Crippen LogP contribution in [0.25, 0.3) is 11.0 Å². The van der Waals surface area contributed by atoms with E-state index in [0.29, 0.717) is 13.2 Å². The summed E-state index contributed by atoms with van der Waals surface area (Å²) in [6, 6.07) is 14.6. The Kier molecular flexibility index (Phi) is 3.01. The van der Waals surface area contributed by atoms with Crippen molar-refractivity contribution in [1.29, 1.82) is 0 Å². The lowest BCUT2D eigenvalue weighted by Crippen LogP contribution is -2.23. The number of anilines is 1. The first-order valence-corrected chi connectivity index (χ1v) is 7.03. The monoisotopic (exact) mass is 277 g/mol. The molecule has 1 atom stereocenters. The van der Waals surface area contributed by atoms with E-state index < -0.39 is 0 Å². The topological polar surface area (TPSA) is 47.0 Å². The smallest absolute Gasteiger partial charge is 0.0907 e. The molecule has 0 aliphatic carbocycles. The molecule has 21 heavy (non-hydrogen) atoms. The van der Waals surface area contributed by atoms with Crippen LogP contribution in [-0.2, 0) is 11.3 Å². The van der Waals surface area contributed by atoms with Gasteiger partial charge in [-0.05, 0) is 29.3 Å². The molecule has 2 heterocycles. The second-order valence-corrected chi connectivity index (χ2v) is 5.17. The van der Waals surface area contributed by atoms with Gasteiger partial charge in [0, 0.05) is 18.1 Å². The lowest BCUT2D eigenvalue weighted by molar-refractivity contribution is 0.0970. The molecular formula is C17H15N3O. The molecule has 4 heteroatoms. The van der Waals surface area contributed by atoms with E-state index in [1.807, 2.05) is 18.2 Å². The number of rotatable bonds is 2. The molecule has 3 aromatic rings. The van der Waals surface area contributed by atoms with Crippen LogP contribution in [0, 0.1) is 0 Å². The molecule has 0 radical (unpaired) electrons. The zero-order valence-corrected chi connectivity index (χ0v) is 11.5. The van der Waals surface area contributed by atoms with Gasteiger partial charge >= 0.3 is 0 Å². The molecule has 0 saturated carbocycles. The maximum Gasteiger partial charge on any atom is 0.0907 e. The summed E-state index contributed by atoms with van der Waals surface area (Å²) in [5, 5.41) is 3.54. The Morgan fingerprint density at radius 1 is 1.00 bits per heavy atom. The number of nitrogens with zero attached hydrogens (tertiary/aromatic N) is 2. The average molecular weight is 277 g/mol. The molecule has 1 unspecified atom stereocenters. The quantitative estimate of drug-likeness (QED) is 0.780. The van der Waals surface area contributed by atoms with E-state index in [4.69, 9.17) is 4.74 Å². The van der Waals surface area contributed by atoms with Crippen LogP contribution < -0.4 is 5.32 Å². The van der Waals surface area contributed by atoms with Crippen molar-refractivity contribution in [2.45, 2.75) is 12.6 Å². The highest BCUT2D eigenvalue weighted by Gasteiger charge is 2.20. The van der Waals surface area contributed by atoms with Gasteiger partial charge in [-0.3, -0.25) is 9.97 Å². The Morgan fingerprint density at radius 3 is 2.81 bits per heavy atom. The van der Waals surface area contributed by atoms with Gasteiger partial charge in [0.1, 0.15) is 0 Å². The van der Waals surface area contributed by atoms with E-state index in [9.17, 15) is 0 Å². The fourth-order valence-corrected chi connectivity index (χ4v) is 2.76. The van der Waals surface area contributed by atoms with Gasteiger partial charge in [-0.2, -0.15) is 0 Å². The average Bonchev–Trinajstić information content (AvgIpc) is 2.55. The highest BCUT2D eigenvalue weighted by atomic mass is 16.5. The molecule has 2 aromatic carbocycles. The summed E-state index contributed by atoms with van der Waals surface area (Å²) in [5.74, 6) is 0. The number of hydrogen-bond donors (Lipinski definition) is 1. The van der Waals surface area contributed by atoms with Gasteiger partial charge in [0.2, 0.25) is 0 Å². The minimum atomic E-state index is 0.170. The summed E-state index contributed by atoms with van der Waals surface area (Å²) in [7, 11) is 0. The van der Waals surface area contributed by atoms with Crippen LogP contribution in [0.1, 0.15) is 17.2 Å². The van der Waals surface area contributed by atoms with E-state index in [1.165, 1.54) is 11.1 Å². The van der Waals surface area contributed by atoms with Crippen molar-refractivity contribution in [3.05, 3.63) is 66.0 Å². The molecule has 0 amide bonds. The van der Waals surface area contributed by atoms with E-state index in [1.54, 1.807) is 12.4 Å². The summed E-state index contributed by atoms with van der Waals surface area (Å²) >= 11 is 0. The van der Waals surface area contributed by atoms with E-state index in [-0.39, 0.29) is 6.04 Å². The molecule has 1 aliphatic heterocycles. The first kappa shape index (κ1) is 12.3. The number of nitrogens with one attached hydrogen (secondary N) is 1. The standard InChI is InChI=1S/C17H15N3O/c1-2-4-14-12(3-1)10-21-11-17(14)20-13-5-6-15-16(9-13)19-8-7-18-15/h1-9,17,20H,10-11H2. The maximum absolute atomic E-state index is 5.68. The number of aromatic nitrogens is 2. The Hall–Kier alpha value is -2.46. The molecule has 4 nitrogen and oxygen atoms in total. The zero-order chi connectivity index (χ0) is 14.1. The minimum Gasteiger partial charge on any atom is -0.376 e. The molecule has 1 N–H and O–H groups in total. The second kappa shape index (κ2) is 5.14. The zero-order valence-electron chi connectivity index (χ0n) is 11.5. The summed E-state index contributed by atoms with van der Waals surface area (Å²) in [6.07, 6.45) is 3.42. The largest absolute Gasteiger partial charge is 0.376 e. The Morgan fingerprint density at radius 2 is 1.86 bits per heavy atom. The number of fused-ring (bicyclic) bond motifs is 2. The van der Waals surface area contributed by atoms with Crippen LogP contribution in [0.4, 0.5) is 5.69 Å². The van der Waals surface area contributed by atoms with Gasteiger partial charge in [0.05, 0.1) is 30.3 Å². The molecule has 0 spiro atoms. The highest BCUT2D eigenvalue weighted by Crippen LogP contribution is 2.28. The van der Waals surface area contributed by atoms with E-state index in [2.05, 4.69) is 39.6 Å². The van der Waals surface area contributed by atoms with Crippen molar-refractivity contribution in [3.8, 4) is 0 Å². The van der Waals surface area contributed by atoms with Gasteiger partial charge in [-0.25, -0.2) is 0 Å². The van der Waals surface area contributed by atoms with Crippen LogP contribution >= 0.6 is 0 Å². The van der Waals surface area contributed by atoms with Crippen molar-refractivity contribution in [1.82, 2.24) is 9.97 Å². The van der Waals surface area contributed by atoms with Gasteiger partial charge in [0.15, 0.2) is 0 Å². The predicted octanol–water partition coefficient (Wildman–Crippen LogP) is 3.31. The van der Waals surface area contributed by atoms with Crippen molar-refractivity contribution in [2.75, 3.05) is 11.9 Å². The van der Waals surface area contributed by atoms with Crippen molar-refractivity contribution in [3.63, 3.8) is 0 Å². The third-order valence-corrected chi connectivity index (χ3v) is 3.78. The van der Waals surface area contributed by atoms with Crippen LogP contribution in [-0.4, -0.2) is 16.6 Å². The Balaban J connectivity index is 1.66. The summed E-state index contributed by atoms with van der Waals surface area (Å²) in [5.41, 5.74) is 5.40. The van der Waals surface area contributed by atoms with Crippen molar-refractivity contribution < 1.29 is 4.74 Å². The predicted molar refractivity (Wildman–Crippen MR) is 82.0 cm³/mol. The first-order valence-electron chi connectivity index (χ1n) is 7.03. The Bertz CT molecular complexity index is 788. The number of benzene rings is 2. The fraction of sp³-hybridized carbons (Fsp3) is 0.176. The number of hydrogen-bond acceptors (Lipinski definition) is 4. The minimum absolute atomic E-state index is 0.170. The normalized spacial score (nSPS) is 17.4. The van der Waals surface area contributed by atoms with E-state index >= 15 is 0 Å². The SMILES string of the molecule is c1ccc2c(c1)COCC2Nc1ccc2nccnc2c1. The molecule has 0 fully saturated rings. The molecule has 0 saturated heterocycles. The second-order valence-electron chi connectivity index (χ2n) is 5.17. The molecular weight excluding hydrogens is 262 g/mol. The molecule has 1 aliphatic rings. The molecule has 104 valence electrons. The maximum atomic E-state index is 5.68. The van der Waals surface area contributed by atoms with Crippen LogP contribution in [0.3, 0.4) is 0 Å². The highest BCUT2D eigenvalue weighted by molar-refractivity contribution is 5.78. The van der Waals surface area contributed by atoms with E-state index in [0.717, 1.165) is 16.7 Å². The van der Waals surface area contributed by atoms with Crippen LogP contribution in [0.5, 0.6) is 0 Å². The lowest BCUT2D eigenvalue weighted by Gasteiger charge is -2.27. The van der Waals surface area contributed by atoms with Crippen LogP contribution in [0.15, 0.2) is 54.9 Å². The fourth-order valence-electron chi connectivity index (χ4n) is 2.76.